The highest BCUT2D eigenvalue weighted by Gasteiger charge is 2.13. The first kappa shape index (κ1) is 20.7. The minimum atomic E-state index is -3.60. The zero-order valence-electron chi connectivity index (χ0n) is 15.5. The third kappa shape index (κ3) is 5.94. The average molecular weight is 388 g/mol. The van der Waals surface area contributed by atoms with Crippen LogP contribution in [0.1, 0.15) is 21.5 Å². The molecule has 6 nitrogen and oxygen atoms in total. The van der Waals surface area contributed by atoms with E-state index < -0.39 is 10.0 Å². The maximum Gasteiger partial charge on any atom is 0.251 e. The van der Waals surface area contributed by atoms with E-state index >= 15 is 0 Å². The highest BCUT2D eigenvalue weighted by Crippen LogP contribution is 2.18. The van der Waals surface area contributed by atoms with Crippen molar-refractivity contribution in [1.82, 2.24) is 10.0 Å². The normalized spacial score (nSPS) is 11.0. The Balaban J connectivity index is 1.86. The first-order chi connectivity index (χ1) is 12.8. The van der Waals surface area contributed by atoms with Gasteiger partial charge >= 0.3 is 0 Å². The summed E-state index contributed by atoms with van der Waals surface area (Å²) in [5.74, 6) is 0.499. The molecule has 144 valence electrons. The number of sulfonamides is 1. The van der Waals surface area contributed by atoms with Crippen LogP contribution in [-0.2, 0) is 10.0 Å². The van der Waals surface area contributed by atoms with Gasteiger partial charge in [0.25, 0.3) is 5.91 Å². The van der Waals surface area contributed by atoms with E-state index in [1.165, 1.54) is 35.9 Å². The smallest absolute Gasteiger partial charge is 0.251 e. The number of hydrogen-bond donors (Lipinski definition) is 2. The molecule has 0 atom stereocenters. The van der Waals surface area contributed by atoms with Crippen molar-refractivity contribution < 1.29 is 17.9 Å². The first-order valence-corrected chi connectivity index (χ1v) is 10.0. The minimum Gasteiger partial charge on any atom is -0.491 e. The molecule has 0 saturated carbocycles. The lowest BCUT2D eigenvalue weighted by molar-refractivity contribution is 0.0947. The second-order valence-corrected chi connectivity index (χ2v) is 7.81. The highest BCUT2D eigenvalue weighted by molar-refractivity contribution is 7.89. The standard InChI is InChI=1S/C20H24N2O4S/c1-4-11-22-27(24,25)18-8-6-17(7-9-18)20(23)21-12-13-26-19-10-5-15(2)14-16(19)3/h4-10,14,22H,1,11-13H2,2-3H3,(H,21,23). The van der Waals surface area contributed by atoms with Crippen LogP contribution in [0.15, 0.2) is 60.0 Å². The summed E-state index contributed by atoms with van der Waals surface area (Å²) in [5.41, 5.74) is 2.59. The summed E-state index contributed by atoms with van der Waals surface area (Å²) in [5, 5.41) is 2.75. The first-order valence-electron chi connectivity index (χ1n) is 8.52. The number of carbonyl (C=O) groups excluding carboxylic acids is 1. The Morgan fingerprint density at radius 1 is 1.15 bits per heavy atom. The van der Waals surface area contributed by atoms with Crippen molar-refractivity contribution in [1.29, 1.82) is 0 Å². The number of carbonyl (C=O) groups is 1. The molecule has 2 aromatic carbocycles. The van der Waals surface area contributed by atoms with Gasteiger partial charge in [0.2, 0.25) is 10.0 Å². The highest BCUT2D eigenvalue weighted by atomic mass is 32.2. The molecule has 0 saturated heterocycles. The van der Waals surface area contributed by atoms with Crippen LogP contribution in [0.3, 0.4) is 0 Å². The van der Waals surface area contributed by atoms with Gasteiger partial charge in [-0.15, -0.1) is 6.58 Å². The van der Waals surface area contributed by atoms with Gasteiger partial charge in [-0.1, -0.05) is 23.8 Å². The maximum atomic E-state index is 12.2. The third-order valence-electron chi connectivity index (χ3n) is 3.82. The van der Waals surface area contributed by atoms with Crippen molar-refractivity contribution in [3.8, 4) is 5.75 Å². The van der Waals surface area contributed by atoms with Crippen LogP contribution in [-0.4, -0.2) is 34.0 Å². The Morgan fingerprint density at radius 3 is 2.48 bits per heavy atom. The molecule has 2 rings (SSSR count). The quantitative estimate of drug-likeness (QED) is 0.511. The van der Waals surface area contributed by atoms with Gasteiger partial charge in [-0.05, 0) is 49.7 Å². The van der Waals surface area contributed by atoms with E-state index in [2.05, 4.69) is 16.6 Å². The Hall–Kier alpha value is -2.64. The molecule has 0 heterocycles. The van der Waals surface area contributed by atoms with Crippen LogP contribution >= 0.6 is 0 Å². The topological polar surface area (TPSA) is 84.5 Å². The van der Waals surface area contributed by atoms with E-state index in [9.17, 15) is 13.2 Å². The van der Waals surface area contributed by atoms with E-state index in [0.717, 1.165) is 11.3 Å². The number of aryl methyl sites for hydroxylation is 2. The number of ether oxygens (including phenoxy) is 1. The molecule has 0 aliphatic rings. The zero-order chi connectivity index (χ0) is 19.9. The summed E-state index contributed by atoms with van der Waals surface area (Å²) in [4.78, 5) is 12.3. The summed E-state index contributed by atoms with van der Waals surface area (Å²) in [7, 11) is -3.60. The molecule has 0 bridgehead atoms. The van der Waals surface area contributed by atoms with Gasteiger partial charge in [-0.25, -0.2) is 13.1 Å². The Morgan fingerprint density at radius 2 is 1.85 bits per heavy atom. The van der Waals surface area contributed by atoms with Gasteiger partial charge in [-0.3, -0.25) is 4.79 Å². The van der Waals surface area contributed by atoms with Gasteiger partial charge in [0, 0.05) is 12.1 Å². The van der Waals surface area contributed by atoms with Crippen LogP contribution < -0.4 is 14.8 Å². The van der Waals surface area contributed by atoms with E-state index in [4.69, 9.17) is 4.74 Å². The Kier molecular flexibility index (Phi) is 7.15. The lowest BCUT2D eigenvalue weighted by Gasteiger charge is -2.11. The minimum absolute atomic E-state index is 0.0964. The molecule has 0 fully saturated rings. The van der Waals surface area contributed by atoms with E-state index in [1.54, 1.807) is 0 Å². The van der Waals surface area contributed by atoms with Crippen LogP contribution in [0.4, 0.5) is 0 Å². The van der Waals surface area contributed by atoms with Crippen molar-refractivity contribution in [3.63, 3.8) is 0 Å². The molecule has 0 aliphatic heterocycles. The van der Waals surface area contributed by atoms with Crippen LogP contribution in [0.25, 0.3) is 0 Å². The maximum absolute atomic E-state index is 12.2. The fourth-order valence-corrected chi connectivity index (χ4v) is 3.42. The molecule has 2 N–H and O–H groups in total. The molecule has 0 aliphatic carbocycles. The van der Waals surface area contributed by atoms with Crippen molar-refractivity contribution in [2.45, 2.75) is 18.7 Å². The summed E-state index contributed by atoms with van der Waals surface area (Å²) < 4.78 is 32.0. The Labute approximate surface area is 160 Å². The number of rotatable bonds is 9. The van der Waals surface area contributed by atoms with Gasteiger partial charge in [0.15, 0.2) is 0 Å². The fourth-order valence-electron chi connectivity index (χ4n) is 2.43. The summed E-state index contributed by atoms with van der Waals surface area (Å²) >= 11 is 0. The number of benzene rings is 2. The average Bonchev–Trinajstić information content (AvgIpc) is 2.65. The molecule has 0 aromatic heterocycles. The van der Waals surface area contributed by atoms with Crippen molar-refractivity contribution in [2.24, 2.45) is 0 Å². The predicted molar refractivity (Wildman–Crippen MR) is 106 cm³/mol. The van der Waals surface area contributed by atoms with Crippen LogP contribution in [0.5, 0.6) is 5.75 Å². The van der Waals surface area contributed by atoms with E-state index in [0.29, 0.717) is 18.7 Å². The van der Waals surface area contributed by atoms with Crippen molar-refractivity contribution in [2.75, 3.05) is 19.7 Å². The van der Waals surface area contributed by atoms with E-state index in [1.807, 2.05) is 32.0 Å². The number of amides is 1. The largest absolute Gasteiger partial charge is 0.491 e. The van der Waals surface area contributed by atoms with Gasteiger partial charge < -0.3 is 10.1 Å². The zero-order valence-corrected chi connectivity index (χ0v) is 16.3. The number of hydrogen-bond acceptors (Lipinski definition) is 4. The summed E-state index contributed by atoms with van der Waals surface area (Å²) in [6, 6.07) is 11.7. The van der Waals surface area contributed by atoms with Gasteiger partial charge in [0.1, 0.15) is 12.4 Å². The summed E-state index contributed by atoms with van der Waals surface area (Å²) in [6.07, 6.45) is 1.46. The number of nitrogens with one attached hydrogen (secondary N) is 2. The van der Waals surface area contributed by atoms with Crippen molar-refractivity contribution in [3.05, 3.63) is 71.8 Å². The van der Waals surface area contributed by atoms with Crippen LogP contribution in [0, 0.1) is 13.8 Å². The summed E-state index contributed by atoms with van der Waals surface area (Å²) in [6.45, 7) is 8.28. The molecular weight excluding hydrogens is 364 g/mol. The van der Waals surface area contributed by atoms with Crippen LogP contribution in [0.2, 0.25) is 0 Å². The lowest BCUT2D eigenvalue weighted by atomic mass is 10.1. The fraction of sp³-hybridized carbons (Fsp3) is 0.250. The SMILES string of the molecule is C=CCNS(=O)(=O)c1ccc(C(=O)NCCOc2ccc(C)cc2C)cc1. The lowest BCUT2D eigenvalue weighted by Crippen LogP contribution is -2.28. The monoisotopic (exact) mass is 388 g/mol. The van der Waals surface area contributed by atoms with Gasteiger partial charge in [0.05, 0.1) is 11.4 Å². The molecule has 27 heavy (non-hydrogen) atoms. The second-order valence-electron chi connectivity index (χ2n) is 6.04. The Bertz CT molecular complexity index is 906. The molecule has 2 aromatic rings. The second kappa shape index (κ2) is 9.34. The molecule has 0 unspecified atom stereocenters. The molecule has 0 radical (unpaired) electrons. The van der Waals surface area contributed by atoms with Gasteiger partial charge in [-0.2, -0.15) is 0 Å². The molecular formula is C20H24N2O4S. The molecule has 7 heteroatoms. The molecule has 1 amide bonds. The molecule has 0 spiro atoms. The van der Waals surface area contributed by atoms with E-state index in [-0.39, 0.29) is 17.3 Å². The van der Waals surface area contributed by atoms with Crippen molar-refractivity contribution >= 4 is 15.9 Å². The third-order valence-corrected chi connectivity index (χ3v) is 5.26. The predicted octanol–water partition coefficient (Wildman–Crippen LogP) is 2.58.